The van der Waals surface area contributed by atoms with Crippen molar-refractivity contribution in [2.75, 3.05) is 12.9 Å². The number of nitrogens with one attached hydrogen (secondary N) is 1. The van der Waals surface area contributed by atoms with Crippen LogP contribution in [0.2, 0.25) is 10.0 Å². The van der Waals surface area contributed by atoms with Crippen LogP contribution in [-0.4, -0.2) is 29.9 Å². The molecule has 3 nitrogen and oxygen atoms in total. The molecule has 1 aromatic carbocycles. The van der Waals surface area contributed by atoms with Gasteiger partial charge >= 0.3 is 0 Å². The average molecular weight is 322 g/mol. The fraction of sp³-hybridized carbons (Fsp3) is 0.462. The lowest BCUT2D eigenvalue weighted by molar-refractivity contribution is 0.0936. The predicted molar refractivity (Wildman–Crippen MR) is 81.5 cm³/mol. The number of halogens is 2. The van der Waals surface area contributed by atoms with Crippen LogP contribution in [0.4, 0.5) is 0 Å². The van der Waals surface area contributed by atoms with Gasteiger partial charge in [-0.1, -0.05) is 23.2 Å². The van der Waals surface area contributed by atoms with E-state index in [1.807, 2.05) is 13.2 Å². The number of carbonyl (C=O) groups is 1. The molecular weight excluding hydrogens is 305 g/mol. The van der Waals surface area contributed by atoms with Crippen LogP contribution in [0.25, 0.3) is 0 Å². The van der Waals surface area contributed by atoms with E-state index in [0.29, 0.717) is 22.0 Å². The molecule has 0 heterocycles. The van der Waals surface area contributed by atoms with Crippen molar-refractivity contribution in [3.63, 3.8) is 0 Å². The maximum Gasteiger partial charge on any atom is 0.253 e. The third kappa shape index (κ3) is 4.88. The lowest BCUT2D eigenvalue weighted by Gasteiger charge is -2.14. The smallest absolute Gasteiger partial charge is 0.253 e. The summed E-state index contributed by atoms with van der Waals surface area (Å²) < 4.78 is 0. The summed E-state index contributed by atoms with van der Waals surface area (Å²) in [5.41, 5.74) is 0.422. The van der Waals surface area contributed by atoms with Crippen LogP contribution in [0, 0.1) is 0 Å². The third-order valence-corrected chi connectivity index (χ3v) is 4.17. The van der Waals surface area contributed by atoms with Crippen molar-refractivity contribution in [3.8, 4) is 0 Å². The number of thioether (sulfide) groups is 1. The second kappa shape index (κ2) is 8.00. The highest BCUT2D eigenvalue weighted by molar-refractivity contribution is 7.98. The largest absolute Gasteiger partial charge is 0.396 e. The zero-order valence-electron chi connectivity index (χ0n) is 10.9. The van der Waals surface area contributed by atoms with Gasteiger partial charge in [-0.3, -0.25) is 4.79 Å². The lowest BCUT2D eigenvalue weighted by atomic mass is 10.1. The van der Waals surface area contributed by atoms with E-state index in [2.05, 4.69) is 5.32 Å². The summed E-state index contributed by atoms with van der Waals surface area (Å²) in [5.74, 6) is -0.220. The van der Waals surface area contributed by atoms with Gasteiger partial charge in [0.15, 0.2) is 0 Å². The second-order valence-corrected chi connectivity index (χ2v) is 5.87. The Balaban J connectivity index is 2.82. The van der Waals surface area contributed by atoms with E-state index in [9.17, 15) is 4.79 Å². The molecule has 0 bridgehead atoms. The molecule has 0 saturated heterocycles. The van der Waals surface area contributed by atoms with Crippen LogP contribution in [-0.2, 0) is 0 Å². The van der Waals surface area contributed by atoms with Crippen molar-refractivity contribution >= 4 is 40.9 Å². The van der Waals surface area contributed by atoms with Gasteiger partial charge in [0.25, 0.3) is 5.91 Å². The Kier molecular flexibility index (Phi) is 7.00. The summed E-state index contributed by atoms with van der Waals surface area (Å²) in [6, 6.07) is 3.27. The molecule has 0 fully saturated rings. The van der Waals surface area contributed by atoms with Crippen molar-refractivity contribution in [2.45, 2.75) is 30.7 Å². The van der Waals surface area contributed by atoms with Gasteiger partial charge in [-0.25, -0.2) is 0 Å². The van der Waals surface area contributed by atoms with E-state index in [1.165, 1.54) is 11.8 Å². The first-order valence-corrected chi connectivity index (χ1v) is 7.92. The Morgan fingerprint density at radius 3 is 2.68 bits per heavy atom. The molecule has 0 saturated carbocycles. The van der Waals surface area contributed by atoms with Gasteiger partial charge < -0.3 is 10.4 Å². The molecule has 1 rings (SSSR count). The van der Waals surface area contributed by atoms with Gasteiger partial charge in [-0.05, 0) is 38.2 Å². The Morgan fingerprint density at radius 2 is 2.11 bits per heavy atom. The van der Waals surface area contributed by atoms with E-state index >= 15 is 0 Å². The van der Waals surface area contributed by atoms with Crippen LogP contribution < -0.4 is 5.32 Å². The van der Waals surface area contributed by atoms with Crippen LogP contribution in [0.5, 0.6) is 0 Å². The standard InChI is InChI=1S/C13H17Cl2NO2S/c1-8(4-3-5-17)16-13(18)9-6-12(19-2)11(15)7-10(9)14/h6-8,17H,3-5H2,1-2H3,(H,16,18). The van der Waals surface area contributed by atoms with Gasteiger partial charge in [-0.2, -0.15) is 0 Å². The molecule has 2 N–H and O–H groups in total. The highest BCUT2D eigenvalue weighted by atomic mass is 35.5. The number of aliphatic hydroxyl groups excluding tert-OH is 1. The van der Waals surface area contributed by atoms with Crippen molar-refractivity contribution in [1.82, 2.24) is 5.32 Å². The van der Waals surface area contributed by atoms with Gasteiger partial charge in [0, 0.05) is 17.5 Å². The maximum atomic E-state index is 12.1. The first kappa shape index (κ1) is 16.6. The summed E-state index contributed by atoms with van der Waals surface area (Å²) in [6.07, 6.45) is 3.27. The lowest BCUT2D eigenvalue weighted by Crippen LogP contribution is -2.32. The van der Waals surface area contributed by atoms with Gasteiger partial charge in [0.2, 0.25) is 0 Å². The number of carbonyl (C=O) groups excluding carboxylic acids is 1. The van der Waals surface area contributed by atoms with Gasteiger partial charge in [0.1, 0.15) is 0 Å². The average Bonchev–Trinajstić information content (AvgIpc) is 2.36. The molecule has 106 valence electrons. The van der Waals surface area contributed by atoms with E-state index in [-0.39, 0.29) is 18.6 Å². The fourth-order valence-corrected chi connectivity index (χ4v) is 2.82. The van der Waals surface area contributed by atoms with E-state index in [4.69, 9.17) is 28.3 Å². The Morgan fingerprint density at radius 1 is 1.42 bits per heavy atom. The van der Waals surface area contributed by atoms with Crippen LogP contribution >= 0.6 is 35.0 Å². The Hall–Kier alpha value is -0.420. The van der Waals surface area contributed by atoms with Crippen molar-refractivity contribution in [3.05, 3.63) is 27.7 Å². The number of benzene rings is 1. The molecule has 0 aliphatic heterocycles. The molecule has 0 aliphatic carbocycles. The van der Waals surface area contributed by atoms with E-state index in [0.717, 1.165) is 11.3 Å². The summed E-state index contributed by atoms with van der Waals surface area (Å²) >= 11 is 13.5. The quantitative estimate of drug-likeness (QED) is 0.787. The predicted octanol–water partition coefficient (Wildman–Crippen LogP) is 3.61. The monoisotopic (exact) mass is 321 g/mol. The SMILES string of the molecule is CSc1cc(C(=O)NC(C)CCCO)c(Cl)cc1Cl. The first-order chi connectivity index (χ1) is 8.99. The molecule has 1 amide bonds. The van der Waals surface area contributed by atoms with Crippen molar-refractivity contribution in [2.24, 2.45) is 0 Å². The Bertz CT molecular complexity index is 455. The minimum Gasteiger partial charge on any atom is -0.396 e. The molecule has 6 heteroatoms. The third-order valence-electron chi connectivity index (χ3n) is 2.66. The maximum absolute atomic E-state index is 12.1. The molecule has 0 spiro atoms. The molecular formula is C13H17Cl2NO2S. The zero-order chi connectivity index (χ0) is 14.4. The minimum absolute atomic E-state index is 0.0101. The summed E-state index contributed by atoms with van der Waals surface area (Å²) in [6.45, 7) is 2.02. The van der Waals surface area contributed by atoms with Crippen LogP contribution in [0.1, 0.15) is 30.1 Å². The Labute approximate surface area is 127 Å². The molecule has 19 heavy (non-hydrogen) atoms. The molecule has 1 aromatic rings. The van der Waals surface area contributed by atoms with E-state index in [1.54, 1.807) is 12.1 Å². The van der Waals surface area contributed by atoms with Crippen LogP contribution in [0.3, 0.4) is 0 Å². The molecule has 1 atom stereocenters. The topological polar surface area (TPSA) is 49.3 Å². The number of amides is 1. The van der Waals surface area contributed by atoms with Crippen LogP contribution in [0.15, 0.2) is 17.0 Å². The molecule has 0 aromatic heterocycles. The minimum atomic E-state index is -0.220. The molecule has 0 aliphatic rings. The second-order valence-electron chi connectivity index (χ2n) is 4.21. The summed E-state index contributed by atoms with van der Waals surface area (Å²) in [5, 5.41) is 12.5. The highest BCUT2D eigenvalue weighted by Crippen LogP contribution is 2.31. The summed E-state index contributed by atoms with van der Waals surface area (Å²) in [4.78, 5) is 12.9. The molecule has 0 radical (unpaired) electrons. The number of hydrogen-bond acceptors (Lipinski definition) is 3. The summed E-state index contributed by atoms with van der Waals surface area (Å²) in [7, 11) is 0. The number of hydrogen-bond donors (Lipinski definition) is 2. The van der Waals surface area contributed by atoms with Gasteiger partial charge in [0.05, 0.1) is 15.6 Å². The highest BCUT2D eigenvalue weighted by Gasteiger charge is 2.15. The van der Waals surface area contributed by atoms with Gasteiger partial charge in [-0.15, -0.1) is 11.8 Å². The number of rotatable bonds is 6. The zero-order valence-corrected chi connectivity index (χ0v) is 13.2. The molecule has 1 unspecified atom stereocenters. The normalized spacial score (nSPS) is 12.3. The number of aliphatic hydroxyl groups is 1. The van der Waals surface area contributed by atoms with E-state index < -0.39 is 0 Å². The fourth-order valence-electron chi connectivity index (χ4n) is 1.63. The van der Waals surface area contributed by atoms with Crippen molar-refractivity contribution < 1.29 is 9.90 Å². The first-order valence-electron chi connectivity index (χ1n) is 5.94. The van der Waals surface area contributed by atoms with Crippen molar-refractivity contribution in [1.29, 1.82) is 0 Å².